The fourth-order valence-electron chi connectivity index (χ4n) is 2.25. The van der Waals surface area contributed by atoms with Crippen molar-refractivity contribution in [1.29, 1.82) is 0 Å². The van der Waals surface area contributed by atoms with Crippen molar-refractivity contribution in [3.05, 3.63) is 0 Å². The van der Waals surface area contributed by atoms with E-state index in [1.54, 1.807) is 7.11 Å². The van der Waals surface area contributed by atoms with Crippen LogP contribution in [0.5, 0.6) is 0 Å². The standard InChI is InChI=1S/C14H30ClNO/c1-4-14(5-2)16(12-13-17-3)11-9-7-6-8-10-15/h14H,4-13H2,1-3H3. The minimum Gasteiger partial charge on any atom is -0.383 e. The molecule has 2 nitrogen and oxygen atoms in total. The number of unbranched alkanes of at least 4 members (excludes halogenated alkanes) is 3. The van der Waals surface area contributed by atoms with Gasteiger partial charge < -0.3 is 4.74 Å². The van der Waals surface area contributed by atoms with Crippen molar-refractivity contribution < 1.29 is 4.74 Å². The molecule has 0 spiro atoms. The minimum atomic E-state index is 0.721. The molecule has 0 radical (unpaired) electrons. The molecule has 0 aromatic heterocycles. The molecule has 0 heterocycles. The first-order valence-corrected chi connectivity index (χ1v) is 7.62. The zero-order valence-electron chi connectivity index (χ0n) is 11.9. The zero-order valence-corrected chi connectivity index (χ0v) is 12.6. The monoisotopic (exact) mass is 263 g/mol. The van der Waals surface area contributed by atoms with Crippen molar-refractivity contribution in [2.75, 3.05) is 32.7 Å². The highest BCUT2D eigenvalue weighted by molar-refractivity contribution is 6.17. The number of methoxy groups -OCH3 is 1. The highest BCUT2D eigenvalue weighted by Gasteiger charge is 2.13. The molecular weight excluding hydrogens is 234 g/mol. The number of nitrogens with zero attached hydrogens (tertiary/aromatic N) is 1. The Morgan fingerprint density at radius 2 is 1.65 bits per heavy atom. The van der Waals surface area contributed by atoms with Gasteiger partial charge in [-0.1, -0.05) is 26.7 Å². The predicted octanol–water partition coefficient (Wildman–Crippen LogP) is 3.92. The number of alkyl halides is 1. The summed E-state index contributed by atoms with van der Waals surface area (Å²) in [5.41, 5.74) is 0. The number of rotatable bonds is 12. The van der Waals surface area contributed by atoms with Crippen LogP contribution in [0.1, 0.15) is 52.4 Å². The van der Waals surface area contributed by atoms with Gasteiger partial charge >= 0.3 is 0 Å². The van der Waals surface area contributed by atoms with Crippen molar-refractivity contribution in [3.63, 3.8) is 0 Å². The molecule has 3 heteroatoms. The normalized spacial score (nSPS) is 11.6. The minimum absolute atomic E-state index is 0.721. The lowest BCUT2D eigenvalue weighted by molar-refractivity contribution is 0.113. The van der Waals surface area contributed by atoms with Crippen LogP contribution in [0.2, 0.25) is 0 Å². The Kier molecular flexibility index (Phi) is 12.8. The van der Waals surface area contributed by atoms with Gasteiger partial charge in [0.05, 0.1) is 6.61 Å². The quantitative estimate of drug-likeness (QED) is 0.391. The van der Waals surface area contributed by atoms with Gasteiger partial charge in [0, 0.05) is 25.6 Å². The van der Waals surface area contributed by atoms with Crippen LogP contribution in [-0.2, 0) is 4.74 Å². The second-order valence-corrected chi connectivity index (χ2v) is 4.98. The number of hydrogen-bond acceptors (Lipinski definition) is 2. The Hall–Kier alpha value is 0.210. The molecule has 0 aromatic rings. The van der Waals surface area contributed by atoms with Gasteiger partial charge in [0.2, 0.25) is 0 Å². The Bertz CT molecular complexity index is 151. The van der Waals surface area contributed by atoms with Crippen LogP contribution in [0.3, 0.4) is 0 Å². The Labute approximate surface area is 113 Å². The Morgan fingerprint density at radius 1 is 1.00 bits per heavy atom. The molecule has 0 fully saturated rings. The van der Waals surface area contributed by atoms with Crippen LogP contribution in [0.4, 0.5) is 0 Å². The lowest BCUT2D eigenvalue weighted by atomic mass is 10.1. The molecule has 0 aliphatic rings. The second-order valence-electron chi connectivity index (χ2n) is 4.60. The average Bonchev–Trinajstić information content (AvgIpc) is 2.36. The van der Waals surface area contributed by atoms with Crippen LogP contribution in [0, 0.1) is 0 Å². The molecular formula is C14H30ClNO. The summed E-state index contributed by atoms with van der Waals surface area (Å²) in [5.74, 6) is 0.805. The summed E-state index contributed by atoms with van der Waals surface area (Å²) < 4.78 is 5.20. The first-order valence-electron chi connectivity index (χ1n) is 7.09. The van der Waals surface area contributed by atoms with E-state index in [4.69, 9.17) is 16.3 Å². The van der Waals surface area contributed by atoms with Crippen molar-refractivity contribution in [1.82, 2.24) is 4.90 Å². The van der Waals surface area contributed by atoms with Crippen molar-refractivity contribution in [2.45, 2.75) is 58.4 Å². The molecule has 0 atom stereocenters. The summed E-state index contributed by atoms with van der Waals surface area (Å²) in [7, 11) is 1.78. The summed E-state index contributed by atoms with van der Waals surface area (Å²) in [6.07, 6.45) is 7.49. The van der Waals surface area contributed by atoms with Crippen molar-refractivity contribution in [2.24, 2.45) is 0 Å². The van der Waals surface area contributed by atoms with Gasteiger partial charge in [0.1, 0.15) is 0 Å². The van der Waals surface area contributed by atoms with Gasteiger partial charge in [-0.2, -0.15) is 0 Å². The Balaban J connectivity index is 3.83. The van der Waals surface area contributed by atoms with E-state index < -0.39 is 0 Å². The van der Waals surface area contributed by atoms with Gasteiger partial charge in [-0.15, -0.1) is 11.6 Å². The maximum atomic E-state index is 5.68. The van der Waals surface area contributed by atoms with E-state index in [0.717, 1.165) is 31.5 Å². The number of hydrogen-bond donors (Lipinski definition) is 0. The van der Waals surface area contributed by atoms with Gasteiger partial charge in [0.15, 0.2) is 0 Å². The summed E-state index contributed by atoms with van der Waals surface area (Å²) in [6.45, 7) is 7.68. The maximum absolute atomic E-state index is 5.68. The highest BCUT2D eigenvalue weighted by Crippen LogP contribution is 2.11. The molecule has 0 bridgehead atoms. The van der Waals surface area contributed by atoms with Crippen molar-refractivity contribution in [3.8, 4) is 0 Å². The molecule has 17 heavy (non-hydrogen) atoms. The fraction of sp³-hybridized carbons (Fsp3) is 1.00. The first-order chi connectivity index (χ1) is 8.29. The van der Waals surface area contributed by atoms with Crippen LogP contribution in [0.25, 0.3) is 0 Å². The third-order valence-electron chi connectivity index (χ3n) is 3.37. The number of ether oxygens (including phenoxy) is 1. The van der Waals surface area contributed by atoms with Crippen LogP contribution >= 0.6 is 11.6 Å². The van der Waals surface area contributed by atoms with Gasteiger partial charge in [-0.05, 0) is 32.2 Å². The summed E-state index contributed by atoms with van der Waals surface area (Å²) in [5, 5.41) is 0. The lowest BCUT2D eigenvalue weighted by Crippen LogP contribution is -2.37. The molecule has 0 rings (SSSR count). The number of halogens is 1. The maximum Gasteiger partial charge on any atom is 0.0589 e. The molecule has 0 saturated carbocycles. The van der Waals surface area contributed by atoms with Gasteiger partial charge in [0.25, 0.3) is 0 Å². The van der Waals surface area contributed by atoms with Crippen LogP contribution in [0.15, 0.2) is 0 Å². The van der Waals surface area contributed by atoms with E-state index in [1.807, 2.05) is 0 Å². The van der Waals surface area contributed by atoms with E-state index in [9.17, 15) is 0 Å². The van der Waals surface area contributed by atoms with Crippen LogP contribution < -0.4 is 0 Å². The molecule has 0 N–H and O–H groups in total. The largest absolute Gasteiger partial charge is 0.383 e. The summed E-state index contributed by atoms with van der Waals surface area (Å²) in [6, 6.07) is 0.721. The molecule has 0 saturated heterocycles. The van der Waals surface area contributed by atoms with E-state index >= 15 is 0 Å². The molecule has 104 valence electrons. The predicted molar refractivity (Wildman–Crippen MR) is 77.0 cm³/mol. The fourth-order valence-corrected chi connectivity index (χ4v) is 2.44. The first kappa shape index (κ1) is 17.2. The molecule has 0 aliphatic heterocycles. The molecule has 0 aliphatic carbocycles. The van der Waals surface area contributed by atoms with E-state index in [0.29, 0.717) is 0 Å². The topological polar surface area (TPSA) is 12.5 Å². The average molecular weight is 264 g/mol. The van der Waals surface area contributed by atoms with Gasteiger partial charge in [-0.3, -0.25) is 4.90 Å². The Morgan fingerprint density at radius 3 is 2.18 bits per heavy atom. The third-order valence-corrected chi connectivity index (χ3v) is 3.64. The van der Waals surface area contributed by atoms with E-state index in [-0.39, 0.29) is 0 Å². The van der Waals surface area contributed by atoms with Crippen molar-refractivity contribution >= 4 is 11.6 Å². The van der Waals surface area contributed by atoms with E-state index in [2.05, 4.69) is 18.7 Å². The smallest absolute Gasteiger partial charge is 0.0589 e. The summed E-state index contributed by atoms with van der Waals surface area (Å²) >= 11 is 5.68. The van der Waals surface area contributed by atoms with Gasteiger partial charge in [-0.25, -0.2) is 0 Å². The van der Waals surface area contributed by atoms with E-state index in [1.165, 1.54) is 38.6 Å². The molecule has 0 unspecified atom stereocenters. The summed E-state index contributed by atoms with van der Waals surface area (Å²) in [4.78, 5) is 2.59. The highest BCUT2D eigenvalue weighted by atomic mass is 35.5. The second kappa shape index (κ2) is 12.7. The third kappa shape index (κ3) is 8.87. The SMILES string of the molecule is CCC(CC)N(CCCCCCCl)CCOC. The molecule has 0 amide bonds. The van der Waals surface area contributed by atoms with Crippen LogP contribution in [-0.4, -0.2) is 43.6 Å². The lowest BCUT2D eigenvalue weighted by Gasteiger charge is -2.30. The zero-order chi connectivity index (χ0) is 12.9. The molecule has 0 aromatic carbocycles.